The SMILES string of the molecule is CCOc1ccc(Br)cc1S(=O)(=O)NN1CC(=O)NC1=O. The minimum atomic E-state index is -4.07. The number of nitrogens with one attached hydrogen (secondary N) is 2. The predicted octanol–water partition coefficient (Wildman–Crippen LogP) is 0.593. The zero-order valence-corrected chi connectivity index (χ0v) is 13.3. The molecule has 1 aromatic rings. The van der Waals surface area contributed by atoms with E-state index in [-0.39, 0.29) is 23.8 Å². The van der Waals surface area contributed by atoms with E-state index in [4.69, 9.17) is 4.74 Å². The molecular weight excluding hydrogens is 366 g/mol. The van der Waals surface area contributed by atoms with Gasteiger partial charge in [-0.25, -0.2) is 18.2 Å². The Kier molecular flexibility index (Phi) is 4.49. The highest BCUT2D eigenvalue weighted by atomic mass is 79.9. The van der Waals surface area contributed by atoms with Crippen LogP contribution in [0.25, 0.3) is 0 Å². The van der Waals surface area contributed by atoms with Gasteiger partial charge in [0, 0.05) is 4.47 Å². The third kappa shape index (κ3) is 3.52. The van der Waals surface area contributed by atoms with Crippen LogP contribution in [0.15, 0.2) is 27.6 Å². The van der Waals surface area contributed by atoms with E-state index in [2.05, 4.69) is 15.9 Å². The number of carbonyl (C=O) groups excluding carboxylic acids is 2. The second-order valence-corrected chi connectivity index (χ2v) is 6.60. The molecule has 1 aliphatic heterocycles. The van der Waals surface area contributed by atoms with Gasteiger partial charge in [-0.3, -0.25) is 10.1 Å². The first-order chi connectivity index (χ1) is 9.83. The van der Waals surface area contributed by atoms with Crippen molar-refractivity contribution in [3.63, 3.8) is 0 Å². The fourth-order valence-electron chi connectivity index (χ4n) is 1.68. The minimum Gasteiger partial charge on any atom is -0.492 e. The smallest absolute Gasteiger partial charge is 0.339 e. The Morgan fingerprint density at radius 1 is 1.43 bits per heavy atom. The quantitative estimate of drug-likeness (QED) is 0.730. The van der Waals surface area contributed by atoms with Gasteiger partial charge in [-0.2, -0.15) is 0 Å². The molecule has 1 fully saturated rings. The molecule has 21 heavy (non-hydrogen) atoms. The Balaban J connectivity index is 2.33. The maximum atomic E-state index is 12.3. The molecule has 0 spiro atoms. The van der Waals surface area contributed by atoms with E-state index in [9.17, 15) is 18.0 Å². The molecule has 1 aromatic carbocycles. The molecule has 2 rings (SSSR count). The second kappa shape index (κ2) is 6.00. The minimum absolute atomic E-state index is 0.133. The number of amides is 3. The summed E-state index contributed by atoms with van der Waals surface area (Å²) in [5.74, 6) is -0.430. The first-order valence-electron chi connectivity index (χ1n) is 5.89. The van der Waals surface area contributed by atoms with Crippen LogP contribution < -0.4 is 14.9 Å². The fraction of sp³-hybridized carbons (Fsp3) is 0.273. The van der Waals surface area contributed by atoms with Gasteiger partial charge in [0.1, 0.15) is 17.2 Å². The van der Waals surface area contributed by atoms with E-state index in [0.717, 1.165) is 0 Å². The first-order valence-corrected chi connectivity index (χ1v) is 8.17. The molecule has 0 aliphatic carbocycles. The molecule has 0 aromatic heterocycles. The number of halogens is 1. The Morgan fingerprint density at radius 3 is 2.71 bits per heavy atom. The second-order valence-electron chi connectivity index (χ2n) is 4.06. The third-order valence-corrected chi connectivity index (χ3v) is 4.37. The number of imide groups is 1. The third-order valence-electron chi connectivity index (χ3n) is 2.52. The number of rotatable bonds is 5. The molecule has 10 heteroatoms. The van der Waals surface area contributed by atoms with Gasteiger partial charge < -0.3 is 4.74 Å². The molecule has 1 heterocycles. The van der Waals surface area contributed by atoms with Crippen LogP contribution >= 0.6 is 15.9 Å². The van der Waals surface area contributed by atoms with Crippen LogP contribution in [0.3, 0.4) is 0 Å². The molecule has 8 nitrogen and oxygen atoms in total. The maximum absolute atomic E-state index is 12.3. The number of hydrogen-bond acceptors (Lipinski definition) is 5. The van der Waals surface area contributed by atoms with Crippen LogP contribution in [0.5, 0.6) is 5.75 Å². The summed E-state index contributed by atoms with van der Waals surface area (Å²) < 4.78 is 30.5. The number of hydrazine groups is 1. The number of nitrogens with zero attached hydrogens (tertiary/aromatic N) is 1. The first kappa shape index (κ1) is 15.7. The van der Waals surface area contributed by atoms with Crippen molar-refractivity contribution in [2.45, 2.75) is 11.8 Å². The molecule has 0 radical (unpaired) electrons. The van der Waals surface area contributed by atoms with Crippen LogP contribution in [0.2, 0.25) is 0 Å². The average Bonchev–Trinajstić information content (AvgIpc) is 2.69. The molecule has 3 amide bonds. The number of ether oxygens (including phenoxy) is 1. The van der Waals surface area contributed by atoms with Gasteiger partial charge in [-0.15, -0.1) is 4.83 Å². The summed E-state index contributed by atoms with van der Waals surface area (Å²) >= 11 is 3.18. The highest BCUT2D eigenvalue weighted by Crippen LogP contribution is 2.27. The molecule has 1 saturated heterocycles. The molecule has 0 atom stereocenters. The van der Waals surface area contributed by atoms with Crippen molar-refractivity contribution in [3.8, 4) is 5.75 Å². The standard InChI is InChI=1S/C11H12BrN3O5S/c1-2-20-8-4-3-7(12)5-9(8)21(18,19)14-15-6-10(16)13-11(15)17/h3-5,14H,2,6H2,1H3,(H,13,16,17). The van der Waals surface area contributed by atoms with Crippen molar-refractivity contribution in [3.05, 3.63) is 22.7 Å². The van der Waals surface area contributed by atoms with E-state index in [0.29, 0.717) is 9.48 Å². The van der Waals surface area contributed by atoms with E-state index in [1.54, 1.807) is 13.0 Å². The lowest BCUT2D eigenvalue weighted by Gasteiger charge is -2.17. The van der Waals surface area contributed by atoms with Gasteiger partial charge in [0.25, 0.3) is 10.0 Å². The maximum Gasteiger partial charge on any atom is 0.339 e. The zero-order chi connectivity index (χ0) is 15.6. The summed E-state index contributed by atoms with van der Waals surface area (Å²) in [4.78, 5) is 24.4. The molecule has 0 bridgehead atoms. The number of carbonyl (C=O) groups is 2. The van der Waals surface area contributed by atoms with Gasteiger partial charge in [0.05, 0.1) is 6.61 Å². The summed E-state index contributed by atoms with van der Waals surface area (Å²) in [7, 11) is -4.07. The fourth-order valence-corrected chi connectivity index (χ4v) is 3.40. The normalized spacial score (nSPS) is 15.2. The van der Waals surface area contributed by atoms with Crippen molar-refractivity contribution in [2.24, 2.45) is 0 Å². The van der Waals surface area contributed by atoms with Gasteiger partial charge in [0.2, 0.25) is 5.91 Å². The predicted molar refractivity (Wildman–Crippen MR) is 75.9 cm³/mol. The van der Waals surface area contributed by atoms with Crippen LogP contribution in [-0.4, -0.2) is 38.5 Å². The van der Waals surface area contributed by atoms with Crippen LogP contribution in [0.4, 0.5) is 4.79 Å². The van der Waals surface area contributed by atoms with Crippen LogP contribution in [0.1, 0.15) is 6.92 Å². The van der Waals surface area contributed by atoms with Gasteiger partial charge in [-0.1, -0.05) is 15.9 Å². The lowest BCUT2D eigenvalue weighted by atomic mass is 10.3. The molecule has 2 N–H and O–H groups in total. The van der Waals surface area contributed by atoms with Crippen molar-refractivity contribution in [1.82, 2.24) is 15.2 Å². The van der Waals surface area contributed by atoms with Crippen molar-refractivity contribution >= 4 is 37.9 Å². The number of sulfonamides is 1. The Hall–Kier alpha value is -1.65. The Bertz CT molecular complexity index is 691. The van der Waals surface area contributed by atoms with Crippen molar-refractivity contribution in [2.75, 3.05) is 13.2 Å². The monoisotopic (exact) mass is 377 g/mol. The summed E-state index contributed by atoms with van der Waals surface area (Å²) in [5, 5.41) is 2.66. The molecule has 1 aliphatic rings. The van der Waals surface area contributed by atoms with E-state index in [1.165, 1.54) is 12.1 Å². The summed E-state index contributed by atoms with van der Waals surface area (Å²) in [6.07, 6.45) is 0. The Morgan fingerprint density at radius 2 is 2.14 bits per heavy atom. The number of benzene rings is 1. The summed E-state index contributed by atoms with van der Waals surface area (Å²) in [6, 6.07) is 3.66. The zero-order valence-electron chi connectivity index (χ0n) is 10.9. The van der Waals surface area contributed by atoms with E-state index in [1.807, 2.05) is 10.1 Å². The van der Waals surface area contributed by atoms with Gasteiger partial charge >= 0.3 is 6.03 Å². The molecular formula is C11H12BrN3O5S. The van der Waals surface area contributed by atoms with Gasteiger partial charge in [0.15, 0.2) is 0 Å². The van der Waals surface area contributed by atoms with Gasteiger partial charge in [-0.05, 0) is 25.1 Å². The van der Waals surface area contributed by atoms with Crippen molar-refractivity contribution < 1.29 is 22.7 Å². The van der Waals surface area contributed by atoms with E-state index >= 15 is 0 Å². The number of urea groups is 1. The highest BCUT2D eigenvalue weighted by Gasteiger charge is 2.32. The van der Waals surface area contributed by atoms with Crippen molar-refractivity contribution in [1.29, 1.82) is 0 Å². The lowest BCUT2D eigenvalue weighted by Crippen LogP contribution is -2.44. The largest absolute Gasteiger partial charge is 0.492 e. The summed E-state index contributed by atoms with van der Waals surface area (Å²) in [5.41, 5.74) is 0. The number of hydrogen-bond donors (Lipinski definition) is 2. The summed E-state index contributed by atoms with van der Waals surface area (Å²) in [6.45, 7) is 1.63. The molecule has 0 saturated carbocycles. The van der Waals surface area contributed by atoms with E-state index < -0.39 is 22.0 Å². The average molecular weight is 378 g/mol. The van der Waals surface area contributed by atoms with Crippen LogP contribution in [0, 0.1) is 0 Å². The Labute approximate surface area is 129 Å². The molecule has 114 valence electrons. The highest BCUT2D eigenvalue weighted by molar-refractivity contribution is 9.10. The topological polar surface area (TPSA) is 105 Å². The van der Waals surface area contributed by atoms with Crippen LogP contribution in [-0.2, 0) is 14.8 Å². The molecule has 0 unspecified atom stereocenters. The lowest BCUT2D eigenvalue weighted by molar-refractivity contribution is -0.118.